The lowest BCUT2D eigenvalue weighted by molar-refractivity contribution is -0.114. The summed E-state index contributed by atoms with van der Waals surface area (Å²) in [6.07, 6.45) is 0.645. The normalized spacial score (nSPS) is 11.0. The average molecular weight is 540 g/mol. The quantitative estimate of drug-likeness (QED) is 0.318. The fourth-order valence-electron chi connectivity index (χ4n) is 3.65. The van der Waals surface area contributed by atoms with Crippen molar-refractivity contribution in [2.45, 2.75) is 25.2 Å². The Morgan fingerprint density at radius 2 is 1.63 bits per heavy atom. The molecule has 0 aliphatic carbocycles. The van der Waals surface area contributed by atoms with Crippen molar-refractivity contribution < 1.29 is 27.5 Å². The predicted molar refractivity (Wildman–Crippen MR) is 147 cm³/mol. The van der Waals surface area contributed by atoms with Crippen molar-refractivity contribution in [3.63, 3.8) is 0 Å². The number of nitrogens with zero attached hydrogens (tertiary/aromatic N) is 1. The highest BCUT2D eigenvalue weighted by molar-refractivity contribution is 7.92. The Bertz CT molecular complexity index is 1330. The van der Waals surface area contributed by atoms with Gasteiger partial charge in [-0.25, -0.2) is 8.42 Å². The van der Waals surface area contributed by atoms with Gasteiger partial charge in [0.25, 0.3) is 15.9 Å². The van der Waals surface area contributed by atoms with E-state index >= 15 is 0 Å². The first-order chi connectivity index (χ1) is 18.3. The van der Waals surface area contributed by atoms with Crippen molar-refractivity contribution in [2.75, 3.05) is 43.0 Å². The van der Waals surface area contributed by atoms with Crippen LogP contribution in [0.2, 0.25) is 0 Å². The lowest BCUT2D eigenvalue weighted by Crippen LogP contribution is -2.38. The third kappa shape index (κ3) is 7.56. The Balaban J connectivity index is 1.85. The summed E-state index contributed by atoms with van der Waals surface area (Å²) in [6, 6.07) is 19.5. The molecule has 0 saturated carbocycles. The minimum absolute atomic E-state index is 0.0187. The molecule has 10 heteroatoms. The summed E-state index contributed by atoms with van der Waals surface area (Å²) in [5, 5.41) is 5.50. The molecule has 0 bridgehead atoms. The summed E-state index contributed by atoms with van der Waals surface area (Å²) in [6.45, 7) is 4.61. The third-order valence-corrected chi connectivity index (χ3v) is 7.38. The molecule has 0 saturated heterocycles. The molecule has 3 aromatic carbocycles. The molecule has 202 valence electrons. The summed E-state index contributed by atoms with van der Waals surface area (Å²) in [4.78, 5) is 25.9. The number of aryl methyl sites for hydroxylation is 1. The van der Waals surface area contributed by atoms with Crippen LogP contribution >= 0.6 is 0 Å². The van der Waals surface area contributed by atoms with E-state index in [0.717, 1.165) is 9.87 Å². The standard InChI is InChI=1S/C28H33N3O6S/c1-4-37-23-14-16-24(17-15-23)38(34,35)31(22-12-10-21(2)11-13-22)20-27(32)30-26-9-6-5-8-25(26)28(33)29-18-7-19-36-3/h5-6,8-17H,4,7,18-20H2,1-3H3,(H,29,33)(H,30,32). The fraction of sp³-hybridized carbons (Fsp3) is 0.286. The molecule has 2 amide bonds. The lowest BCUT2D eigenvalue weighted by Gasteiger charge is -2.24. The number of para-hydroxylation sites is 1. The Hall–Kier alpha value is -3.89. The molecule has 0 fully saturated rings. The topological polar surface area (TPSA) is 114 Å². The van der Waals surface area contributed by atoms with Gasteiger partial charge in [0.1, 0.15) is 12.3 Å². The number of benzene rings is 3. The summed E-state index contributed by atoms with van der Waals surface area (Å²) >= 11 is 0. The van der Waals surface area contributed by atoms with E-state index in [1.165, 1.54) is 12.1 Å². The SMILES string of the molecule is CCOc1ccc(S(=O)(=O)N(CC(=O)Nc2ccccc2C(=O)NCCCOC)c2ccc(C)cc2)cc1. The number of carbonyl (C=O) groups is 2. The number of carbonyl (C=O) groups excluding carboxylic acids is 2. The molecule has 0 unspecified atom stereocenters. The van der Waals surface area contributed by atoms with E-state index in [4.69, 9.17) is 9.47 Å². The van der Waals surface area contributed by atoms with E-state index < -0.39 is 22.5 Å². The number of hydrogen-bond donors (Lipinski definition) is 2. The van der Waals surface area contributed by atoms with Gasteiger partial charge in [0, 0.05) is 20.3 Å². The number of nitrogens with one attached hydrogen (secondary N) is 2. The lowest BCUT2D eigenvalue weighted by atomic mass is 10.1. The zero-order chi connectivity index (χ0) is 27.5. The van der Waals surface area contributed by atoms with E-state index in [0.29, 0.717) is 37.6 Å². The van der Waals surface area contributed by atoms with Gasteiger partial charge in [-0.2, -0.15) is 0 Å². The number of methoxy groups -OCH3 is 1. The first-order valence-electron chi connectivity index (χ1n) is 12.2. The Morgan fingerprint density at radius 1 is 0.947 bits per heavy atom. The molecule has 0 atom stereocenters. The molecular formula is C28H33N3O6S. The molecule has 2 N–H and O–H groups in total. The molecule has 9 nitrogen and oxygen atoms in total. The van der Waals surface area contributed by atoms with Gasteiger partial charge in [-0.3, -0.25) is 13.9 Å². The van der Waals surface area contributed by atoms with Crippen LogP contribution in [-0.2, 0) is 19.6 Å². The smallest absolute Gasteiger partial charge is 0.264 e. The molecule has 0 aliphatic heterocycles. The van der Waals surface area contributed by atoms with Crippen LogP contribution in [0, 0.1) is 6.92 Å². The van der Waals surface area contributed by atoms with Gasteiger partial charge >= 0.3 is 0 Å². The summed E-state index contributed by atoms with van der Waals surface area (Å²) < 4.78 is 38.8. The molecular weight excluding hydrogens is 506 g/mol. The minimum atomic E-state index is -4.10. The van der Waals surface area contributed by atoms with Crippen LogP contribution < -0.4 is 19.7 Å². The molecule has 0 heterocycles. The first-order valence-corrected chi connectivity index (χ1v) is 13.7. The van der Waals surface area contributed by atoms with E-state index in [1.807, 2.05) is 13.8 Å². The van der Waals surface area contributed by atoms with Crippen molar-refractivity contribution in [1.82, 2.24) is 5.32 Å². The van der Waals surface area contributed by atoms with E-state index in [9.17, 15) is 18.0 Å². The van der Waals surface area contributed by atoms with E-state index in [-0.39, 0.29) is 22.1 Å². The van der Waals surface area contributed by atoms with Crippen molar-refractivity contribution in [3.05, 3.63) is 83.9 Å². The molecule has 0 radical (unpaired) electrons. The van der Waals surface area contributed by atoms with Crippen molar-refractivity contribution in [1.29, 1.82) is 0 Å². The van der Waals surface area contributed by atoms with Gasteiger partial charge in [-0.1, -0.05) is 29.8 Å². The summed E-state index contributed by atoms with van der Waals surface area (Å²) in [7, 11) is -2.52. The maximum Gasteiger partial charge on any atom is 0.264 e. The second-order valence-electron chi connectivity index (χ2n) is 8.45. The Morgan fingerprint density at radius 3 is 2.29 bits per heavy atom. The van der Waals surface area contributed by atoms with Crippen molar-refractivity contribution in [3.8, 4) is 5.75 Å². The van der Waals surface area contributed by atoms with Gasteiger partial charge in [-0.15, -0.1) is 0 Å². The van der Waals surface area contributed by atoms with Crippen LogP contribution in [0.4, 0.5) is 11.4 Å². The molecule has 38 heavy (non-hydrogen) atoms. The second kappa shape index (κ2) is 13.6. The third-order valence-electron chi connectivity index (χ3n) is 5.59. The fourth-order valence-corrected chi connectivity index (χ4v) is 5.07. The molecule has 3 aromatic rings. The number of hydrogen-bond acceptors (Lipinski definition) is 6. The van der Waals surface area contributed by atoms with Gasteiger partial charge in [0.15, 0.2) is 0 Å². The van der Waals surface area contributed by atoms with Gasteiger partial charge in [0.05, 0.1) is 28.4 Å². The zero-order valence-electron chi connectivity index (χ0n) is 21.8. The van der Waals surface area contributed by atoms with Crippen LogP contribution in [0.5, 0.6) is 5.75 Å². The predicted octanol–water partition coefficient (Wildman–Crippen LogP) is 3.99. The monoisotopic (exact) mass is 539 g/mol. The van der Waals surface area contributed by atoms with Crippen LogP contribution in [0.25, 0.3) is 0 Å². The van der Waals surface area contributed by atoms with Crippen LogP contribution in [0.15, 0.2) is 77.7 Å². The highest BCUT2D eigenvalue weighted by atomic mass is 32.2. The van der Waals surface area contributed by atoms with Gasteiger partial charge < -0.3 is 20.1 Å². The Kier molecular flexibility index (Phi) is 10.3. The minimum Gasteiger partial charge on any atom is -0.494 e. The number of sulfonamides is 1. The first kappa shape index (κ1) is 28.7. The molecule has 3 rings (SSSR count). The molecule has 0 aromatic heterocycles. The average Bonchev–Trinajstić information content (AvgIpc) is 2.91. The number of ether oxygens (including phenoxy) is 2. The number of amides is 2. The van der Waals surface area contributed by atoms with Crippen LogP contribution in [0.3, 0.4) is 0 Å². The largest absolute Gasteiger partial charge is 0.494 e. The summed E-state index contributed by atoms with van der Waals surface area (Å²) in [5.41, 5.74) is 1.84. The van der Waals surface area contributed by atoms with Crippen LogP contribution in [-0.4, -0.2) is 53.6 Å². The van der Waals surface area contributed by atoms with E-state index in [2.05, 4.69) is 10.6 Å². The number of anilines is 2. The second-order valence-corrected chi connectivity index (χ2v) is 10.3. The van der Waals surface area contributed by atoms with Crippen LogP contribution in [0.1, 0.15) is 29.3 Å². The van der Waals surface area contributed by atoms with Crippen molar-refractivity contribution in [2.24, 2.45) is 0 Å². The van der Waals surface area contributed by atoms with Gasteiger partial charge in [0.2, 0.25) is 5.91 Å². The Labute approximate surface area is 223 Å². The van der Waals surface area contributed by atoms with E-state index in [1.54, 1.807) is 67.8 Å². The highest BCUT2D eigenvalue weighted by Gasteiger charge is 2.28. The molecule has 0 spiro atoms. The highest BCUT2D eigenvalue weighted by Crippen LogP contribution is 2.26. The maximum absolute atomic E-state index is 13.7. The molecule has 0 aliphatic rings. The van der Waals surface area contributed by atoms with Crippen molar-refractivity contribution >= 4 is 33.2 Å². The number of rotatable bonds is 13. The summed E-state index contributed by atoms with van der Waals surface area (Å²) in [5.74, 6) is -0.405. The van der Waals surface area contributed by atoms with Gasteiger partial charge in [-0.05, 0) is 68.8 Å². The zero-order valence-corrected chi connectivity index (χ0v) is 22.6. The maximum atomic E-state index is 13.7.